The highest BCUT2D eigenvalue weighted by Gasteiger charge is 2.52. The van der Waals surface area contributed by atoms with E-state index in [-0.39, 0.29) is 10.8 Å². The molecule has 3 atom stereocenters. The molecule has 1 saturated carbocycles. The molecule has 0 amide bonds. The highest BCUT2D eigenvalue weighted by atomic mass is 16.5. The van der Waals surface area contributed by atoms with Gasteiger partial charge in [-0.05, 0) is 71.3 Å². The summed E-state index contributed by atoms with van der Waals surface area (Å²) in [5.41, 5.74) is 5.24. The summed E-state index contributed by atoms with van der Waals surface area (Å²) in [5, 5.41) is 0. The summed E-state index contributed by atoms with van der Waals surface area (Å²) in [6.45, 7) is 9.66. The fraction of sp³-hybridized carbons (Fsp3) is 0.519. The molecule has 2 nitrogen and oxygen atoms in total. The first-order chi connectivity index (χ1) is 13.9. The number of aldehydes is 1. The molecule has 2 aromatic carbocycles. The molecule has 29 heavy (non-hydrogen) atoms. The van der Waals surface area contributed by atoms with Gasteiger partial charge in [0, 0.05) is 5.41 Å². The lowest BCUT2D eigenvalue weighted by Crippen LogP contribution is -2.49. The molecule has 0 bridgehead atoms. The lowest BCUT2D eigenvalue weighted by atomic mass is 9.50. The van der Waals surface area contributed by atoms with Crippen LogP contribution in [0.1, 0.15) is 81.5 Å². The summed E-state index contributed by atoms with van der Waals surface area (Å²) in [7, 11) is 0. The molecular weight excluding hydrogens is 356 g/mol. The summed E-state index contributed by atoms with van der Waals surface area (Å²) in [4.78, 5) is 12.0. The summed E-state index contributed by atoms with van der Waals surface area (Å²) < 4.78 is 6.38. The number of aryl methyl sites for hydroxylation is 1. The van der Waals surface area contributed by atoms with E-state index >= 15 is 0 Å². The molecule has 154 valence electrons. The van der Waals surface area contributed by atoms with E-state index in [0.717, 1.165) is 37.9 Å². The molecule has 2 aliphatic carbocycles. The van der Waals surface area contributed by atoms with Crippen LogP contribution in [0.2, 0.25) is 0 Å². The van der Waals surface area contributed by atoms with Gasteiger partial charge in [-0.25, -0.2) is 0 Å². The zero-order valence-electron chi connectivity index (χ0n) is 18.3. The quantitative estimate of drug-likeness (QED) is 0.538. The van der Waals surface area contributed by atoms with Crippen LogP contribution in [0, 0.1) is 11.3 Å². The normalized spacial score (nSPS) is 28.5. The Hall–Kier alpha value is -2.09. The number of hydrogen-bond acceptors (Lipinski definition) is 2. The predicted octanol–water partition coefficient (Wildman–Crippen LogP) is 6.60. The van der Waals surface area contributed by atoms with Crippen molar-refractivity contribution in [2.45, 2.75) is 77.7 Å². The molecule has 2 heteroatoms. The molecule has 1 unspecified atom stereocenters. The fourth-order valence-corrected chi connectivity index (χ4v) is 6.02. The maximum Gasteiger partial charge on any atom is 0.126 e. The minimum Gasteiger partial charge on any atom is -0.489 e. The molecule has 2 aromatic rings. The van der Waals surface area contributed by atoms with Crippen LogP contribution in [-0.4, -0.2) is 6.29 Å². The van der Waals surface area contributed by atoms with E-state index in [0.29, 0.717) is 18.4 Å². The Morgan fingerprint density at radius 1 is 1.14 bits per heavy atom. The van der Waals surface area contributed by atoms with Crippen LogP contribution in [0.3, 0.4) is 0 Å². The molecule has 0 heterocycles. The van der Waals surface area contributed by atoms with Crippen LogP contribution >= 0.6 is 0 Å². The molecule has 0 saturated heterocycles. The number of fused-ring (bicyclic) bond motifs is 3. The van der Waals surface area contributed by atoms with E-state index in [2.05, 4.69) is 64.1 Å². The lowest BCUT2D eigenvalue weighted by molar-refractivity contribution is -0.123. The van der Waals surface area contributed by atoms with Crippen molar-refractivity contribution in [1.82, 2.24) is 0 Å². The Bertz CT molecular complexity index is 885. The maximum absolute atomic E-state index is 12.0. The molecule has 0 aromatic heterocycles. The van der Waals surface area contributed by atoms with Crippen molar-refractivity contribution in [3.63, 3.8) is 0 Å². The van der Waals surface area contributed by atoms with Gasteiger partial charge in [-0.1, -0.05) is 70.5 Å². The van der Waals surface area contributed by atoms with Gasteiger partial charge in [0.15, 0.2) is 0 Å². The third kappa shape index (κ3) is 3.52. The largest absolute Gasteiger partial charge is 0.489 e. The Balaban J connectivity index is 1.74. The lowest BCUT2D eigenvalue weighted by Gasteiger charge is -2.53. The van der Waals surface area contributed by atoms with E-state index in [9.17, 15) is 4.79 Å². The van der Waals surface area contributed by atoms with Crippen molar-refractivity contribution in [2.24, 2.45) is 11.3 Å². The van der Waals surface area contributed by atoms with Crippen LogP contribution in [0.5, 0.6) is 5.75 Å². The van der Waals surface area contributed by atoms with Gasteiger partial charge >= 0.3 is 0 Å². The molecule has 0 spiro atoms. The molecule has 1 fully saturated rings. The van der Waals surface area contributed by atoms with Gasteiger partial charge in [0.05, 0.1) is 0 Å². The molecule has 2 aliphatic rings. The Morgan fingerprint density at radius 3 is 2.59 bits per heavy atom. The zero-order valence-corrected chi connectivity index (χ0v) is 18.3. The first-order valence-electron chi connectivity index (χ1n) is 11.2. The third-order valence-electron chi connectivity index (χ3n) is 7.66. The van der Waals surface area contributed by atoms with E-state index < -0.39 is 0 Å². The molecule has 4 rings (SSSR count). The molecule has 0 N–H and O–H groups in total. The monoisotopic (exact) mass is 390 g/mol. The fourth-order valence-electron chi connectivity index (χ4n) is 6.02. The second-order valence-electron chi connectivity index (χ2n) is 9.96. The van der Waals surface area contributed by atoms with Gasteiger partial charge in [0.2, 0.25) is 0 Å². The average Bonchev–Trinajstić information content (AvgIpc) is 2.72. The van der Waals surface area contributed by atoms with Gasteiger partial charge < -0.3 is 9.53 Å². The van der Waals surface area contributed by atoms with Crippen molar-refractivity contribution >= 4 is 6.29 Å². The van der Waals surface area contributed by atoms with E-state index in [1.54, 1.807) is 0 Å². The predicted molar refractivity (Wildman–Crippen MR) is 118 cm³/mol. The summed E-state index contributed by atoms with van der Waals surface area (Å²) in [6, 6.07) is 15.1. The van der Waals surface area contributed by atoms with Gasteiger partial charge in [-0.15, -0.1) is 0 Å². The minimum absolute atomic E-state index is 0.0574. The number of benzene rings is 2. The van der Waals surface area contributed by atoms with Gasteiger partial charge in [-0.2, -0.15) is 0 Å². The zero-order chi connectivity index (χ0) is 20.6. The van der Waals surface area contributed by atoms with E-state index in [1.165, 1.54) is 28.5 Å². The number of carbonyl (C=O) groups excluding carboxylic acids is 1. The second kappa shape index (κ2) is 7.63. The standard InChI is InChI=1S/C27H34O2/c1-19(2)22-15-21-11-12-25-26(3,18-28)13-8-14-27(25,4)23(21)16-24(22)29-17-20-9-6-5-7-10-20/h5-7,9-10,15-16,18-19,25H,8,11-14,17H2,1-4H3/t25?,26-,27-/m1/s1. The third-order valence-corrected chi connectivity index (χ3v) is 7.66. The highest BCUT2D eigenvalue weighted by molar-refractivity contribution is 5.61. The van der Waals surface area contributed by atoms with Crippen molar-refractivity contribution < 1.29 is 9.53 Å². The smallest absolute Gasteiger partial charge is 0.126 e. The van der Waals surface area contributed by atoms with Gasteiger partial charge in [0.25, 0.3) is 0 Å². The van der Waals surface area contributed by atoms with Crippen LogP contribution < -0.4 is 4.74 Å². The first-order valence-corrected chi connectivity index (χ1v) is 11.2. The number of ether oxygens (including phenoxy) is 1. The second-order valence-corrected chi connectivity index (χ2v) is 9.96. The first kappa shape index (κ1) is 20.2. The Labute approximate surface area is 175 Å². The van der Waals surface area contributed by atoms with Crippen molar-refractivity contribution in [3.8, 4) is 5.75 Å². The van der Waals surface area contributed by atoms with E-state index in [4.69, 9.17) is 4.74 Å². The molecule has 0 aliphatic heterocycles. The number of hydrogen-bond donors (Lipinski definition) is 0. The van der Waals surface area contributed by atoms with Gasteiger partial charge in [-0.3, -0.25) is 0 Å². The van der Waals surface area contributed by atoms with Crippen molar-refractivity contribution in [1.29, 1.82) is 0 Å². The van der Waals surface area contributed by atoms with E-state index in [1.807, 2.05) is 6.07 Å². The highest BCUT2D eigenvalue weighted by Crippen LogP contribution is 2.57. The van der Waals surface area contributed by atoms with Crippen molar-refractivity contribution in [2.75, 3.05) is 0 Å². The van der Waals surface area contributed by atoms with Crippen LogP contribution in [0.15, 0.2) is 42.5 Å². The maximum atomic E-state index is 12.0. The Morgan fingerprint density at radius 2 is 1.90 bits per heavy atom. The van der Waals surface area contributed by atoms with Crippen LogP contribution in [0.25, 0.3) is 0 Å². The van der Waals surface area contributed by atoms with Crippen LogP contribution in [-0.2, 0) is 23.2 Å². The van der Waals surface area contributed by atoms with Crippen molar-refractivity contribution in [3.05, 3.63) is 64.7 Å². The minimum atomic E-state index is -0.202. The summed E-state index contributed by atoms with van der Waals surface area (Å²) >= 11 is 0. The molecular formula is C27H34O2. The SMILES string of the molecule is CC(C)c1cc2c(cc1OCc1ccccc1)[C@@]1(C)CCC[C@](C)(C=O)C1CC2. The molecule has 0 radical (unpaired) electrons. The number of carbonyl (C=O) groups is 1. The summed E-state index contributed by atoms with van der Waals surface area (Å²) in [6.07, 6.45) is 6.72. The number of rotatable bonds is 5. The topological polar surface area (TPSA) is 26.3 Å². The van der Waals surface area contributed by atoms with Gasteiger partial charge in [0.1, 0.15) is 18.6 Å². The average molecular weight is 391 g/mol. The van der Waals surface area contributed by atoms with Crippen LogP contribution in [0.4, 0.5) is 0 Å². The summed E-state index contributed by atoms with van der Waals surface area (Å²) in [5.74, 6) is 1.85. The Kier molecular flexibility index (Phi) is 5.31.